The Labute approximate surface area is 296 Å². The number of hydrogen-bond acceptors (Lipinski definition) is 6. The fourth-order valence-corrected chi connectivity index (χ4v) is 7.51. The highest BCUT2D eigenvalue weighted by atomic mass is 16.3. The van der Waals surface area contributed by atoms with Crippen molar-refractivity contribution in [2.24, 2.45) is 0 Å². The minimum Gasteiger partial charge on any atom is -0.456 e. The molecule has 242 valence electrons. The first-order chi connectivity index (χ1) is 25.7. The maximum absolute atomic E-state index is 6.89. The minimum absolute atomic E-state index is 0.560. The molecule has 0 fully saturated rings. The van der Waals surface area contributed by atoms with Gasteiger partial charge >= 0.3 is 0 Å². The summed E-state index contributed by atoms with van der Waals surface area (Å²) in [7, 11) is 0. The van der Waals surface area contributed by atoms with Crippen LogP contribution in [0.3, 0.4) is 0 Å². The van der Waals surface area contributed by atoms with Crippen LogP contribution < -0.4 is 0 Å². The van der Waals surface area contributed by atoms with Crippen molar-refractivity contribution in [1.29, 1.82) is 0 Å². The van der Waals surface area contributed by atoms with Gasteiger partial charge < -0.3 is 8.83 Å². The van der Waals surface area contributed by atoms with E-state index >= 15 is 0 Å². The molecule has 52 heavy (non-hydrogen) atoms. The summed E-state index contributed by atoms with van der Waals surface area (Å²) in [6.07, 6.45) is 1.82. The SMILES string of the molecule is c1ccc(-c2nc(-c3ccc4ccccc4c3)nc(-c3ccc(-c4cccc5oc6ccccc6c45)c4oc5cc6cccnc6cc5c34)n2)cc1. The number of pyridine rings is 1. The molecule has 0 radical (unpaired) electrons. The molecule has 0 N–H and O–H groups in total. The average molecular weight is 667 g/mol. The van der Waals surface area contributed by atoms with Gasteiger partial charge in [0.1, 0.15) is 22.3 Å². The van der Waals surface area contributed by atoms with E-state index in [0.29, 0.717) is 17.5 Å². The summed E-state index contributed by atoms with van der Waals surface area (Å²) in [5.41, 5.74) is 8.72. The topological polar surface area (TPSA) is 77.8 Å². The van der Waals surface area contributed by atoms with Gasteiger partial charge in [0, 0.05) is 55.4 Å². The van der Waals surface area contributed by atoms with Gasteiger partial charge in [-0.2, -0.15) is 0 Å². The van der Waals surface area contributed by atoms with Crippen molar-refractivity contribution in [3.8, 4) is 45.3 Å². The van der Waals surface area contributed by atoms with Gasteiger partial charge in [-0.3, -0.25) is 4.98 Å². The molecule has 7 aromatic carbocycles. The van der Waals surface area contributed by atoms with Crippen molar-refractivity contribution in [3.63, 3.8) is 0 Å². The lowest BCUT2D eigenvalue weighted by Crippen LogP contribution is -2.00. The molecule has 0 aliphatic heterocycles. The van der Waals surface area contributed by atoms with Crippen LogP contribution in [-0.2, 0) is 0 Å². The van der Waals surface area contributed by atoms with Crippen LogP contribution in [0.25, 0.3) is 111 Å². The fraction of sp³-hybridized carbons (Fsp3) is 0. The van der Waals surface area contributed by atoms with E-state index in [4.69, 9.17) is 28.8 Å². The van der Waals surface area contributed by atoms with Gasteiger partial charge in [-0.25, -0.2) is 15.0 Å². The van der Waals surface area contributed by atoms with Gasteiger partial charge in [0.15, 0.2) is 17.5 Å². The number of para-hydroxylation sites is 1. The molecule has 0 atom stereocenters. The van der Waals surface area contributed by atoms with Crippen LogP contribution in [0.5, 0.6) is 0 Å². The van der Waals surface area contributed by atoms with E-state index in [9.17, 15) is 0 Å². The molecule has 0 saturated carbocycles. The van der Waals surface area contributed by atoms with Crippen LogP contribution in [0.2, 0.25) is 0 Å². The van der Waals surface area contributed by atoms with Crippen molar-refractivity contribution >= 4 is 65.6 Å². The van der Waals surface area contributed by atoms with Crippen molar-refractivity contribution in [2.45, 2.75) is 0 Å². The Balaban J connectivity index is 1.23. The van der Waals surface area contributed by atoms with E-state index in [0.717, 1.165) is 93.4 Å². The van der Waals surface area contributed by atoms with Crippen LogP contribution in [0.4, 0.5) is 0 Å². The van der Waals surface area contributed by atoms with Gasteiger partial charge in [-0.05, 0) is 64.9 Å². The Bertz CT molecular complexity index is 3200. The highest BCUT2D eigenvalue weighted by molar-refractivity contribution is 6.21. The number of furan rings is 2. The lowest BCUT2D eigenvalue weighted by Gasteiger charge is -2.11. The molecule has 0 aliphatic carbocycles. The van der Waals surface area contributed by atoms with E-state index in [-0.39, 0.29) is 0 Å². The number of benzene rings is 7. The summed E-state index contributed by atoms with van der Waals surface area (Å²) in [5, 5.41) is 7.25. The molecule has 0 bridgehead atoms. The zero-order valence-electron chi connectivity index (χ0n) is 27.6. The number of aromatic nitrogens is 4. The molecular formula is C46H26N4O2. The van der Waals surface area contributed by atoms with Gasteiger partial charge in [0.25, 0.3) is 0 Å². The van der Waals surface area contributed by atoms with E-state index in [1.165, 1.54) is 0 Å². The van der Waals surface area contributed by atoms with E-state index in [2.05, 4.69) is 78.9 Å². The first-order valence-corrected chi connectivity index (χ1v) is 17.2. The van der Waals surface area contributed by atoms with E-state index < -0.39 is 0 Å². The largest absolute Gasteiger partial charge is 0.456 e. The lowest BCUT2D eigenvalue weighted by atomic mass is 9.95. The van der Waals surface area contributed by atoms with Gasteiger partial charge in [0.05, 0.1) is 5.52 Å². The Morgan fingerprint density at radius 3 is 2.06 bits per heavy atom. The summed E-state index contributed by atoms with van der Waals surface area (Å²) >= 11 is 0. The average Bonchev–Trinajstić information content (AvgIpc) is 3.78. The molecule has 6 nitrogen and oxygen atoms in total. The Morgan fingerprint density at radius 2 is 1.13 bits per heavy atom. The first kappa shape index (κ1) is 28.6. The summed E-state index contributed by atoms with van der Waals surface area (Å²) in [6.45, 7) is 0. The molecule has 11 rings (SSSR count). The van der Waals surface area contributed by atoms with E-state index in [1.807, 2.05) is 79.0 Å². The smallest absolute Gasteiger partial charge is 0.164 e. The lowest BCUT2D eigenvalue weighted by molar-refractivity contribution is 0.669. The quantitative estimate of drug-likeness (QED) is 0.186. The standard InChI is InChI=1S/C46H26N4O2/c1-2-11-28(12-3-1)44-48-45(31-20-19-27-10-4-5-13-29(27)24-31)50-46(49-44)35-22-21-33(32-16-8-18-39-41(32)34-15-6-7-17-38(34)51-39)43-42(35)36-26-37-30(14-9-23-47-37)25-40(36)52-43/h1-26H. The molecule has 0 spiro atoms. The van der Waals surface area contributed by atoms with Crippen molar-refractivity contribution < 1.29 is 8.83 Å². The minimum atomic E-state index is 0.560. The normalized spacial score (nSPS) is 11.8. The zero-order valence-corrected chi connectivity index (χ0v) is 27.6. The zero-order chi connectivity index (χ0) is 34.2. The monoisotopic (exact) mass is 666 g/mol. The predicted molar refractivity (Wildman–Crippen MR) is 209 cm³/mol. The molecule has 0 aliphatic rings. The summed E-state index contributed by atoms with van der Waals surface area (Å²) in [6, 6.07) is 51.5. The van der Waals surface area contributed by atoms with Gasteiger partial charge in [-0.1, -0.05) is 103 Å². The maximum atomic E-state index is 6.89. The van der Waals surface area contributed by atoms with Crippen LogP contribution in [0.1, 0.15) is 0 Å². The van der Waals surface area contributed by atoms with Crippen LogP contribution >= 0.6 is 0 Å². The van der Waals surface area contributed by atoms with Crippen LogP contribution in [0.15, 0.2) is 167 Å². The summed E-state index contributed by atoms with van der Waals surface area (Å²) < 4.78 is 13.2. The third-order valence-electron chi connectivity index (χ3n) is 9.95. The Hall–Kier alpha value is -7.18. The Morgan fingerprint density at radius 1 is 0.385 bits per heavy atom. The second-order valence-corrected chi connectivity index (χ2v) is 13.0. The number of rotatable bonds is 4. The molecule has 4 aromatic heterocycles. The first-order valence-electron chi connectivity index (χ1n) is 17.2. The molecule has 4 heterocycles. The highest BCUT2D eigenvalue weighted by Gasteiger charge is 2.23. The molecule has 11 aromatic rings. The predicted octanol–water partition coefficient (Wildman–Crippen LogP) is 12.0. The summed E-state index contributed by atoms with van der Waals surface area (Å²) in [5.74, 6) is 1.76. The van der Waals surface area contributed by atoms with Crippen LogP contribution in [-0.4, -0.2) is 19.9 Å². The van der Waals surface area contributed by atoms with Gasteiger partial charge in [-0.15, -0.1) is 0 Å². The molecule has 0 saturated heterocycles. The van der Waals surface area contributed by atoms with Crippen molar-refractivity contribution in [2.75, 3.05) is 0 Å². The van der Waals surface area contributed by atoms with Crippen LogP contribution in [0, 0.1) is 0 Å². The third kappa shape index (κ3) is 4.44. The number of hydrogen-bond donors (Lipinski definition) is 0. The molecule has 0 amide bonds. The number of nitrogens with zero attached hydrogens (tertiary/aromatic N) is 4. The second kappa shape index (κ2) is 11.2. The maximum Gasteiger partial charge on any atom is 0.164 e. The van der Waals surface area contributed by atoms with E-state index in [1.54, 1.807) is 0 Å². The van der Waals surface area contributed by atoms with Gasteiger partial charge in [0.2, 0.25) is 0 Å². The molecule has 6 heteroatoms. The molecular weight excluding hydrogens is 641 g/mol. The Kier molecular flexibility index (Phi) is 6.15. The third-order valence-corrected chi connectivity index (χ3v) is 9.95. The highest BCUT2D eigenvalue weighted by Crippen LogP contribution is 2.45. The molecule has 0 unspecified atom stereocenters. The fourth-order valence-electron chi connectivity index (χ4n) is 7.51. The summed E-state index contributed by atoms with van der Waals surface area (Å²) in [4.78, 5) is 20.1. The second-order valence-electron chi connectivity index (χ2n) is 13.0. The van der Waals surface area contributed by atoms with Crippen molar-refractivity contribution in [1.82, 2.24) is 19.9 Å². The number of fused-ring (bicyclic) bond motifs is 8. The van der Waals surface area contributed by atoms with Crippen molar-refractivity contribution in [3.05, 3.63) is 158 Å².